The van der Waals surface area contributed by atoms with Crippen LogP contribution in [0.25, 0.3) is 11.1 Å². The maximum atomic E-state index is 12.8. The lowest BCUT2D eigenvalue weighted by Crippen LogP contribution is -2.34. The summed E-state index contributed by atoms with van der Waals surface area (Å²) in [7, 11) is 1.60. The minimum atomic E-state index is -5.15. The Kier molecular flexibility index (Phi) is 6.12. The van der Waals surface area contributed by atoms with Gasteiger partial charge in [-0.3, -0.25) is 4.98 Å². The van der Waals surface area contributed by atoms with Crippen molar-refractivity contribution >= 4 is 11.8 Å². The lowest BCUT2D eigenvalue weighted by atomic mass is 9.77. The van der Waals surface area contributed by atoms with Gasteiger partial charge in [-0.1, -0.05) is 54.6 Å². The van der Waals surface area contributed by atoms with Crippen molar-refractivity contribution in [3.63, 3.8) is 0 Å². The number of carbonyl (C=O) groups is 1. The Labute approximate surface area is 210 Å². The highest BCUT2D eigenvalue weighted by molar-refractivity contribution is 6.04. The standard InChI is InChI=1S/C28H20F3N3O3/c1-36-22-9-5-7-19(17-22)18-6-4-8-21(16-18)27(20-12-14-32-15-13-20)24-11-3-2-10-23(24)25(33-27)34-37-26(35)28(29,30)31/h2-17H,1H3,(H,33,34). The molecule has 6 nitrogen and oxygen atoms in total. The number of hydrogen-bond acceptors (Lipinski definition) is 6. The third kappa shape index (κ3) is 4.40. The van der Waals surface area contributed by atoms with Crippen molar-refractivity contribution < 1.29 is 27.5 Å². The van der Waals surface area contributed by atoms with Gasteiger partial charge in [0.1, 0.15) is 11.3 Å². The number of methoxy groups -OCH3 is 1. The maximum Gasteiger partial charge on any atom is 0.493 e. The van der Waals surface area contributed by atoms with Crippen molar-refractivity contribution in [2.24, 2.45) is 4.99 Å². The van der Waals surface area contributed by atoms with Gasteiger partial charge in [0.2, 0.25) is 0 Å². The number of pyridine rings is 1. The van der Waals surface area contributed by atoms with E-state index in [9.17, 15) is 18.0 Å². The van der Waals surface area contributed by atoms with E-state index >= 15 is 0 Å². The molecule has 2 heterocycles. The molecule has 0 saturated heterocycles. The summed E-state index contributed by atoms with van der Waals surface area (Å²) in [5, 5.41) is 0. The number of rotatable bonds is 4. The molecule has 4 aromatic rings. The summed E-state index contributed by atoms with van der Waals surface area (Å²) < 4.78 is 43.7. The molecule has 9 heteroatoms. The zero-order valence-electron chi connectivity index (χ0n) is 19.5. The van der Waals surface area contributed by atoms with Gasteiger partial charge in [0, 0.05) is 18.0 Å². The SMILES string of the molecule is COc1cccc(-c2cccc(C3(c4ccncc4)N=C(NOC(=O)C(F)(F)F)c4ccccc43)c2)c1. The quantitative estimate of drug-likeness (QED) is 0.377. The van der Waals surface area contributed by atoms with Crippen molar-refractivity contribution in [2.75, 3.05) is 7.11 Å². The first-order chi connectivity index (χ1) is 17.8. The molecule has 3 aromatic carbocycles. The molecule has 1 N–H and O–H groups in total. The molecular formula is C28H20F3N3O3. The molecule has 186 valence electrons. The van der Waals surface area contributed by atoms with Crippen molar-refractivity contribution in [1.29, 1.82) is 0 Å². The number of nitrogens with zero attached hydrogens (tertiary/aromatic N) is 2. The average Bonchev–Trinajstić information content (AvgIpc) is 3.27. The maximum absolute atomic E-state index is 12.8. The van der Waals surface area contributed by atoms with E-state index in [1.54, 1.807) is 43.8 Å². The number of hydrogen-bond donors (Lipinski definition) is 1. The topological polar surface area (TPSA) is 72.8 Å². The summed E-state index contributed by atoms with van der Waals surface area (Å²) in [4.78, 5) is 24.7. The Morgan fingerprint density at radius 2 is 1.57 bits per heavy atom. The molecule has 0 amide bonds. The number of aliphatic imine (C=N–C) groups is 1. The van der Waals surface area contributed by atoms with Crippen LogP contribution >= 0.6 is 0 Å². The Balaban J connectivity index is 1.68. The van der Waals surface area contributed by atoms with Crippen LogP contribution in [-0.4, -0.2) is 30.1 Å². The lowest BCUT2D eigenvalue weighted by molar-refractivity contribution is -0.203. The second-order valence-electron chi connectivity index (χ2n) is 8.25. The fourth-order valence-electron chi connectivity index (χ4n) is 4.45. The van der Waals surface area contributed by atoms with Gasteiger partial charge in [0.15, 0.2) is 5.84 Å². The molecule has 1 unspecified atom stereocenters. The zero-order chi connectivity index (χ0) is 26.0. The largest absolute Gasteiger partial charge is 0.497 e. The monoisotopic (exact) mass is 503 g/mol. The molecule has 5 rings (SSSR count). The Morgan fingerprint density at radius 3 is 2.30 bits per heavy atom. The predicted molar refractivity (Wildman–Crippen MR) is 131 cm³/mol. The van der Waals surface area contributed by atoms with Crippen LogP contribution in [-0.2, 0) is 15.2 Å². The third-order valence-corrected chi connectivity index (χ3v) is 6.10. The Hall–Kier alpha value is -4.66. The van der Waals surface area contributed by atoms with Gasteiger partial charge in [0.05, 0.1) is 7.11 Å². The highest BCUT2D eigenvalue weighted by atomic mass is 19.4. The lowest BCUT2D eigenvalue weighted by Gasteiger charge is -2.29. The number of halogens is 3. The minimum Gasteiger partial charge on any atom is -0.497 e. The molecule has 1 aliphatic rings. The smallest absolute Gasteiger partial charge is 0.493 e. The van der Waals surface area contributed by atoms with Gasteiger partial charge in [-0.15, -0.1) is 0 Å². The number of benzene rings is 3. The first-order valence-corrected chi connectivity index (χ1v) is 11.2. The zero-order valence-corrected chi connectivity index (χ0v) is 19.5. The van der Waals surface area contributed by atoms with E-state index < -0.39 is 17.7 Å². The normalized spacial score (nSPS) is 16.5. The Morgan fingerprint density at radius 1 is 0.865 bits per heavy atom. The van der Waals surface area contributed by atoms with Crippen LogP contribution in [0.2, 0.25) is 0 Å². The number of amidine groups is 1. The number of alkyl halides is 3. The third-order valence-electron chi connectivity index (χ3n) is 6.10. The van der Waals surface area contributed by atoms with E-state index in [0.717, 1.165) is 22.3 Å². The van der Waals surface area contributed by atoms with Crippen molar-refractivity contribution in [3.8, 4) is 16.9 Å². The molecular weight excluding hydrogens is 483 g/mol. The van der Waals surface area contributed by atoms with E-state index in [-0.39, 0.29) is 5.84 Å². The molecule has 0 fully saturated rings. The van der Waals surface area contributed by atoms with Gasteiger partial charge < -0.3 is 9.57 Å². The van der Waals surface area contributed by atoms with Gasteiger partial charge >= 0.3 is 12.1 Å². The van der Waals surface area contributed by atoms with Crippen molar-refractivity contribution in [2.45, 2.75) is 11.7 Å². The molecule has 0 saturated carbocycles. The number of aromatic nitrogens is 1. The van der Waals surface area contributed by atoms with Crippen LogP contribution in [0, 0.1) is 0 Å². The molecule has 0 bridgehead atoms. The van der Waals surface area contributed by atoms with Gasteiger partial charge in [0.25, 0.3) is 0 Å². The van der Waals surface area contributed by atoms with Gasteiger partial charge in [-0.2, -0.15) is 18.7 Å². The molecule has 37 heavy (non-hydrogen) atoms. The van der Waals surface area contributed by atoms with E-state index in [1.807, 2.05) is 60.7 Å². The first kappa shape index (κ1) is 24.1. The van der Waals surface area contributed by atoms with Crippen molar-refractivity contribution in [1.82, 2.24) is 10.5 Å². The average molecular weight is 503 g/mol. The van der Waals surface area contributed by atoms with Gasteiger partial charge in [-0.25, -0.2) is 9.79 Å². The second-order valence-corrected chi connectivity index (χ2v) is 8.25. The van der Waals surface area contributed by atoms with E-state index in [1.165, 1.54) is 0 Å². The van der Waals surface area contributed by atoms with Crippen LogP contribution in [0.4, 0.5) is 13.2 Å². The highest BCUT2D eigenvalue weighted by Crippen LogP contribution is 2.46. The molecule has 0 aliphatic carbocycles. The summed E-state index contributed by atoms with van der Waals surface area (Å²) in [6.45, 7) is 0. The number of hydroxylamine groups is 1. The summed E-state index contributed by atoms with van der Waals surface area (Å²) in [6.07, 6.45) is -1.91. The summed E-state index contributed by atoms with van der Waals surface area (Å²) in [5.74, 6) is -1.67. The number of fused-ring (bicyclic) bond motifs is 1. The fraction of sp³-hybridized carbons (Fsp3) is 0.107. The summed E-state index contributed by atoms with van der Waals surface area (Å²) in [6, 6.07) is 26.0. The van der Waals surface area contributed by atoms with Crippen LogP contribution in [0.15, 0.2) is 102 Å². The van der Waals surface area contributed by atoms with E-state index in [4.69, 9.17) is 9.73 Å². The minimum absolute atomic E-state index is 0.00297. The first-order valence-electron chi connectivity index (χ1n) is 11.2. The number of nitrogens with one attached hydrogen (secondary N) is 1. The van der Waals surface area contributed by atoms with E-state index in [0.29, 0.717) is 16.9 Å². The van der Waals surface area contributed by atoms with Crippen molar-refractivity contribution in [3.05, 3.63) is 120 Å². The predicted octanol–water partition coefficient (Wildman–Crippen LogP) is 5.42. The van der Waals surface area contributed by atoms with Crippen LogP contribution in [0.5, 0.6) is 5.75 Å². The molecule has 0 radical (unpaired) electrons. The van der Waals surface area contributed by atoms with E-state index in [2.05, 4.69) is 15.3 Å². The molecule has 1 aliphatic heterocycles. The van der Waals surface area contributed by atoms with Crippen LogP contribution in [0.1, 0.15) is 22.3 Å². The fourth-order valence-corrected chi connectivity index (χ4v) is 4.45. The Bertz CT molecular complexity index is 1490. The van der Waals surface area contributed by atoms with Gasteiger partial charge in [-0.05, 0) is 58.1 Å². The molecule has 1 atom stereocenters. The molecule has 0 spiro atoms. The second kappa shape index (κ2) is 9.42. The number of carbonyl (C=O) groups excluding carboxylic acids is 1. The molecule has 1 aromatic heterocycles. The van der Waals surface area contributed by atoms with Crippen LogP contribution in [0.3, 0.4) is 0 Å². The van der Waals surface area contributed by atoms with Crippen LogP contribution < -0.4 is 10.2 Å². The highest BCUT2D eigenvalue weighted by Gasteiger charge is 2.45. The number of ether oxygens (including phenoxy) is 1. The summed E-state index contributed by atoms with van der Waals surface area (Å²) >= 11 is 0. The summed E-state index contributed by atoms with van der Waals surface area (Å²) in [5.41, 5.74) is 5.50.